The third-order valence-corrected chi connectivity index (χ3v) is 2.85. The third kappa shape index (κ3) is 4.37. The number of amides is 1. The number of aliphatic hydroxyl groups is 1. The first kappa shape index (κ1) is 14.5. The molecule has 3 N–H and O–H groups in total. The maximum Gasteiger partial charge on any atom is 0.405 e. The highest BCUT2D eigenvalue weighted by Gasteiger charge is 2.27. The van der Waals surface area contributed by atoms with Gasteiger partial charge in [-0.2, -0.15) is 0 Å². The molecule has 0 radical (unpaired) electrons. The predicted molar refractivity (Wildman–Crippen MR) is 70.4 cm³/mol. The van der Waals surface area contributed by atoms with Gasteiger partial charge in [0.05, 0.1) is 6.61 Å². The van der Waals surface area contributed by atoms with Crippen molar-refractivity contribution < 1.29 is 14.6 Å². The second-order valence-electron chi connectivity index (χ2n) is 5.18. The minimum Gasteiger partial charge on any atom is -0.444 e. The number of rotatable bonds is 5. The Morgan fingerprint density at radius 2 is 2.17 bits per heavy atom. The Morgan fingerprint density at radius 1 is 1.50 bits per heavy atom. The van der Waals surface area contributed by atoms with E-state index in [-0.39, 0.29) is 12.5 Å². The summed E-state index contributed by atoms with van der Waals surface area (Å²) in [5.41, 5.74) is 6.52. The van der Waals surface area contributed by atoms with Gasteiger partial charge < -0.3 is 15.6 Å². The molecule has 1 amide bonds. The molecule has 1 rings (SSSR count). The topological polar surface area (TPSA) is 72.6 Å². The number of aryl methyl sites for hydroxylation is 1. The third-order valence-electron chi connectivity index (χ3n) is 2.85. The van der Waals surface area contributed by atoms with Crippen molar-refractivity contribution in [3.8, 4) is 0 Å². The van der Waals surface area contributed by atoms with Gasteiger partial charge in [-0.25, -0.2) is 4.79 Å². The molecule has 0 aromatic heterocycles. The first-order chi connectivity index (χ1) is 8.34. The zero-order chi connectivity index (χ0) is 13.8. The lowest BCUT2D eigenvalue weighted by Gasteiger charge is -2.28. The number of carbonyl (C=O) groups is 1. The van der Waals surface area contributed by atoms with Crippen molar-refractivity contribution in [1.82, 2.24) is 0 Å². The van der Waals surface area contributed by atoms with Crippen LogP contribution in [0.4, 0.5) is 4.79 Å². The van der Waals surface area contributed by atoms with Crippen LogP contribution in [0.5, 0.6) is 0 Å². The molecule has 0 fully saturated rings. The van der Waals surface area contributed by atoms with Crippen molar-refractivity contribution in [1.29, 1.82) is 0 Å². The standard InChI is InChI=1S/C14H21NO3/c1-10-5-4-6-11(7-10)12(9-16)8-14(2,3)18-13(15)17/h4-7,12,16H,8-9H2,1-3H3,(H2,15,17)/t12-/m0/s1. The van der Waals surface area contributed by atoms with E-state index < -0.39 is 11.7 Å². The molecule has 100 valence electrons. The number of hydrogen-bond donors (Lipinski definition) is 2. The van der Waals surface area contributed by atoms with Gasteiger partial charge in [-0.3, -0.25) is 0 Å². The van der Waals surface area contributed by atoms with E-state index in [1.54, 1.807) is 13.8 Å². The second-order valence-corrected chi connectivity index (χ2v) is 5.18. The van der Waals surface area contributed by atoms with Crippen LogP contribution in [-0.4, -0.2) is 23.4 Å². The first-order valence-electron chi connectivity index (χ1n) is 6.00. The van der Waals surface area contributed by atoms with Crippen molar-refractivity contribution in [3.63, 3.8) is 0 Å². The zero-order valence-electron chi connectivity index (χ0n) is 11.1. The molecule has 4 nitrogen and oxygen atoms in total. The average Bonchev–Trinajstić information content (AvgIpc) is 2.24. The van der Waals surface area contributed by atoms with E-state index in [9.17, 15) is 9.90 Å². The van der Waals surface area contributed by atoms with Crippen LogP contribution >= 0.6 is 0 Å². The number of carbonyl (C=O) groups excluding carboxylic acids is 1. The van der Waals surface area contributed by atoms with Crippen LogP contribution in [0.3, 0.4) is 0 Å². The van der Waals surface area contributed by atoms with E-state index >= 15 is 0 Å². The van der Waals surface area contributed by atoms with Gasteiger partial charge in [0.15, 0.2) is 0 Å². The Hall–Kier alpha value is -1.55. The number of nitrogens with two attached hydrogens (primary N) is 1. The van der Waals surface area contributed by atoms with Crippen LogP contribution in [0.1, 0.15) is 37.3 Å². The number of aliphatic hydroxyl groups excluding tert-OH is 1. The van der Waals surface area contributed by atoms with Gasteiger partial charge in [0.1, 0.15) is 5.60 Å². The van der Waals surface area contributed by atoms with E-state index in [2.05, 4.69) is 0 Å². The number of primary amides is 1. The fourth-order valence-corrected chi connectivity index (χ4v) is 2.12. The maximum atomic E-state index is 10.8. The van der Waals surface area contributed by atoms with Crippen LogP contribution in [0.2, 0.25) is 0 Å². The minimum atomic E-state index is -0.791. The van der Waals surface area contributed by atoms with Gasteiger partial charge in [-0.15, -0.1) is 0 Å². The van der Waals surface area contributed by atoms with Gasteiger partial charge in [-0.05, 0) is 32.8 Å². The lowest BCUT2D eigenvalue weighted by molar-refractivity contribution is 0.0285. The highest BCUT2D eigenvalue weighted by molar-refractivity contribution is 5.65. The molecule has 0 heterocycles. The lowest BCUT2D eigenvalue weighted by atomic mass is 9.88. The number of ether oxygens (including phenoxy) is 1. The van der Waals surface area contributed by atoms with Crippen LogP contribution in [-0.2, 0) is 4.74 Å². The minimum absolute atomic E-state index is 0.00893. The van der Waals surface area contributed by atoms with E-state index in [1.807, 2.05) is 31.2 Å². The first-order valence-corrected chi connectivity index (χ1v) is 6.00. The Balaban J connectivity index is 2.82. The maximum absolute atomic E-state index is 10.8. The van der Waals surface area contributed by atoms with Gasteiger partial charge in [0.2, 0.25) is 0 Å². The van der Waals surface area contributed by atoms with Gasteiger partial charge in [0.25, 0.3) is 0 Å². The summed E-state index contributed by atoms with van der Waals surface area (Å²) < 4.78 is 5.05. The molecule has 0 saturated carbocycles. The van der Waals surface area contributed by atoms with E-state index in [4.69, 9.17) is 10.5 Å². The SMILES string of the molecule is Cc1cccc([C@H](CO)CC(C)(C)OC(N)=O)c1. The molecular formula is C14H21NO3. The van der Waals surface area contributed by atoms with Gasteiger partial charge in [-0.1, -0.05) is 29.8 Å². The molecule has 4 heteroatoms. The zero-order valence-corrected chi connectivity index (χ0v) is 11.1. The van der Waals surface area contributed by atoms with Crippen molar-refractivity contribution >= 4 is 6.09 Å². The Morgan fingerprint density at radius 3 is 2.67 bits per heavy atom. The summed E-state index contributed by atoms with van der Waals surface area (Å²) in [5.74, 6) is -0.0701. The van der Waals surface area contributed by atoms with Crippen LogP contribution in [0.25, 0.3) is 0 Å². The van der Waals surface area contributed by atoms with Crippen molar-refractivity contribution in [2.75, 3.05) is 6.61 Å². The highest BCUT2D eigenvalue weighted by atomic mass is 16.6. The molecule has 0 aliphatic carbocycles. The van der Waals surface area contributed by atoms with Crippen molar-refractivity contribution in [2.24, 2.45) is 5.73 Å². The van der Waals surface area contributed by atoms with E-state index in [1.165, 1.54) is 0 Å². The lowest BCUT2D eigenvalue weighted by Crippen LogP contribution is -2.33. The summed E-state index contributed by atoms with van der Waals surface area (Å²) in [6, 6.07) is 7.95. The summed E-state index contributed by atoms with van der Waals surface area (Å²) in [6.07, 6.45) is -0.267. The predicted octanol–water partition coefficient (Wildman–Crippen LogP) is 2.33. The Labute approximate surface area is 108 Å². The smallest absolute Gasteiger partial charge is 0.405 e. The summed E-state index contributed by atoms with van der Waals surface area (Å²) in [7, 11) is 0. The molecule has 18 heavy (non-hydrogen) atoms. The second kappa shape index (κ2) is 5.87. The van der Waals surface area contributed by atoms with Crippen LogP contribution in [0, 0.1) is 6.92 Å². The molecule has 0 aliphatic heterocycles. The van der Waals surface area contributed by atoms with Crippen LogP contribution < -0.4 is 5.73 Å². The van der Waals surface area contributed by atoms with Crippen molar-refractivity contribution in [2.45, 2.75) is 38.7 Å². The molecular weight excluding hydrogens is 230 g/mol. The van der Waals surface area contributed by atoms with Gasteiger partial charge in [0, 0.05) is 5.92 Å². The number of hydrogen-bond acceptors (Lipinski definition) is 3. The molecule has 1 aromatic rings. The van der Waals surface area contributed by atoms with E-state index in [0.717, 1.165) is 11.1 Å². The molecule has 1 aromatic carbocycles. The number of benzene rings is 1. The van der Waals surface area contributed by atoms with Crippen LogP contribution in [0.15, 0.2) is 24.3 Å². The molecule has 0 bridgehead atoms. The highest BCUT2D eigenvalue weighted by Crippen LogP contribution is 2.28. The quantitative estimate of drug-likeness (QED) is 0.843. The van der Waals surface area contributed by atoms with E-state index in [0.29, 0.717) is 6.42 Å². The fraction of sp³-hybridized carbons (Fsp3) is 0.500. The normalized spacial score (nSPS) is 13.1. The average molecular weight is 251 g/mol. The summed E-state index contributed by atoms with van der Waals surface area (Å²) in [6.45, 7) is 5.59. The summed E-state index contributed by atoms with van der Waals surface area (Å²) >= 11 is 0. The fourth-order valence-electron chi connectivity index (χ4n) is 2.12. The molecule has 0 spiro atoms. The Bertz CT molecular complexity index is 415. The summed E-state index contributed by atoms with van der Waals surface area (Å²) in [4.78, 5) is 10.8. The molecule has 0 unspecified atom stereocenters. The molecule has 0 aliphatic rings. The largest absolute Gasteiger partial charge is 0.444 e. The van der Waals surface area contributed by atoms with Gasteiger partial charge >= 0.3 is 6.09 Å². The Kier molecular flexibility index (Phi) is 4.73. The monoisotopic (exact) mass is 251 g/mol. The molecule has 0 saturated heterocycles. The molecule has 1 atom stereocenters. The summed E-state index contributed by atoms with van der Waals surface area (Å²) in [5, 5.41) is 9.50. The van der Waals surface area contributed by atoms with Crippen molar-refractivity contribution in [3.05, 3.63) is 35.4 Å².